The Labute approximate surface area is 133 Å². The first-order valence-corrected chi connectivity index (χ1v) is 7.92. The van der Waals surface area contributed by atoms with Gasteiger partial charge in [0.15, 0.2) is 0 Å². The van der Waals surface area contributed by atoms with Crippen LogP contribution >= 0.6 is 11.5 Å². The van der Waals surface area contributed by atoms with Crippen LogP contribution in [0.15, 0.2) is 24.3 Å². The van der Waals surface area contributed by atoms with Crippen molar-refractivity contribution >= 4 is 17.6 Å². The molecule has 7 heteroatoms. The monoisotopic (exact) mass is 318 g/mol. The van der Waals surface area contributed by atoms with Crippen LogP contribution in [0.2, 0.25) is 0 Å². The number of fused-ring (bicyclic) bond motifs is 1. The molecule has 0 radical (unpaired) electrons. The number of rotatable bonds is 4. The van der Waals surface area contributed by atoms with E-state index >= 15 is 0 Å². The Hall–Kier alpha value is -2.15. The molecule has 3 rings (SSSR count). The van der Waals surface area contributed by atoms with E-state index in [4.69, 9.17) is 4.74 Å². The number of hydrogen-bond acceptors (Lipinski definition) is 5. The number of hydrogen-bond donors (Lipinski definition) is 1. The predicted octanol–water partition coefficient (Wildman–Crippen LogP) is 1.99. The highest BCUT2D eigenvalue weighted by Gasteiger charge is 2.25. The summed E-state index contributed by atoms with van der Waals surface area (Å²) in [4.78, 5) is 14.8. The van der Waals surface area contributed by atoms with Crippen LogP contribution in [0.1, 0.15) is 16.1 Å². The smallest absolute Gasteiger partial charge is 0.317 e. The van der Waals surface area contributed by atoms with E-state index in [0.717, 1.165) is 22.7 Å². The van der Waals surface area contributed by atoms with Crippen LogP contribution in [-0.2, 0) is 13.0 Å². The fourth-order valence-corrected chi connectivity index (χ4v) is 3.02. The molecule has 1 atom stereocenters. The zero-order chi connectivity index (χ0) is 15.5. The van der Waals surface area contributed by atoms with Crippen LogP contribution in [0.25, 0.3) is 0 Å². The number of amides is 2. The first-order valence-electron chi connectivity index (χ1n) is 7.15. The zero-order valence-corrected chi connectivity index (χ0v) is 13.4. The van der Waals surface area contributed by atoms with Crippen LogP contribution in [0.4, 0.5) is 4.79 Å². The van der Waals surface area contributed by atoms with Crippen molar-refractivity contribution in [1.82, 2.24) is 19.8 Å². The molecule has 1 aliphatic rings. The lowest BCUT2D eigenvalue weighted by molar-refractivity contribution is 0.164. The standard InChI is InChI=1S/C15H18N4O2S/c1-10-14(22-18-17-10)8-16-15(20)19(2)9-12-7-11-5-3-4-6-13(11)21-12/h3-6,12H,7-9H2,1-2H3,(H,16,20)/t12-/m1/s1. The van der Waals surface area contributed by atoms with E-state index in [9.17, 15) is 4.79 Å². The van der Waals surface area contributed by atoms with Crippen LogP contribution < -0.4 is 10.1 Å². The third-order valence-electron chi connectivity index (χ3n) is 3.68. The summed E-state index contributed by atoms with van der Waals surface area (Å²) in [6, 6.07) is 7.88. The minimum absolute atomic E-state index is 0.0138. The molecular formula is C15H18N4O2S. The van der Waals surface area contributed by atoms with Crippen molar-refractivity contribution in [3.05, 3.63) is 40.4 Å². The Kier molecular flexibility index (Phi) is 4.24. The summed E-state index contributed by atoms with van der Waals surface area (Å²) in [5, 5.41) is 6.81. The summed E-state index contributed by atoms with van der Waals surface area (Å²) in [7, 11) is 1.78. The molecule has 6 nitrogen and oxygen atoms in total. The molecule has 1 aliphatic heterocycles. The average Bonchev–Trinajstić information content (AvgIpc) is 3.10. The number of urea groups is 1. The number of carbonyl (C=O) groups is 1. The Balaban J connectivity index is 1.49. The van der Waals surface area contributed by atoms with Crippen LogP contribution in [-0.4, -0.2) is 40.2 Å². The van der Waals surface area contributed by atoms with Crippen molar-refractivity contribution in [3.63, 3.8) is 0 Å². The molecule has 1 aromatic carbocycles. The number of nitrogens with one attached hydrogen (secondary N) is 1. The van der Waals surface area contributed by atoms with Crippen molar-refractivity contribution in [2.75, 3.05) is 13.6 Å². The highest BCUT2D eigenvalue weighted by molar-refractivity contribution is 7.05. The Morgan fingerprint density at radius 1 is 1.50 bits per heavy atom. The Morgan fingerprint density at radius 3 is 3.05 bits per heavy atom. The van der Waals surface area contributed by atoms with E-state index in [0.29, 0.717) is 13.1 Å². The first kappa shape index (κ1) is 14.8. The molecule has 0 unspecified atom stereocenters. The number of para-hydroxylation sites is 1. The number of benzene rings is 1. The maximum Gasteiger partial charge on any atom is 0.317 e. The number of nitrogens with zero attached hydrogens (tertiary/aromatic N) is 3. The van der Waals surface area contributed by atoms with Gasteiger partial charge in [-0.15, -0.1) is 5.10 Å². The normalized spacial score (nSPS) is 16.0. The van der Waals surface area contributed by atoms with Gasteiger partial charge in [-0.2, -0.15) is 0 Å². The van der Waals surface area contributed by atoms with E-state index in [1.165, 1.54) is 17.1 Å². The third-order valence-corrected chi connectivity index (χ3v) is 4.51. The van der Waals surface area contributed by atoms with E-state index in [2.05, 4.69) is 21.0 Å². The molecule has 22 heavy (non-hydrogen) atoms. The topological polar surface area (TPSA) is 67.4 Å². The summed E-state index contributed by atoms with van der Waals surface area (Å²) in [5.41, 5.74) is 2.06. The van der Waals surface area contributed by atoms with Gasteiger partial charge >= 0.3 is 6.03 Å². The van der Waals surface area contributed by atoms with E-state index in [-0.39, 0.29) is 12.1 Å². The number of aryl methyl sites for hydroxylation is 1. The lowest BCUT2D eigenvalue weighted by Crippen LogP contribution is -2.42. The molecule has 2 amide bonds. The van der Waals surface area contributed by atoms with Gasteiger partial charge in [0.2, 0.25) is 0 Å². The van der Waals surface area contributed by atoms with Gasteiger partial charge in [-0.05, 0) is 30.1 Å². The maximum atomic E-state index is 12.1. The SMILES string of the molecule is Cc1nnsc1CNC(=O)N(C)C[C@H]1Cc2ccccc2O1. The molecular weight excluding hydrogens is 300 g/mol. The molecule has 1 aromatic heterocycles. The quantitative estimate of drug-likeness (QED) is 0.936. The fraction of sp³-hybridized carbons (Fsp3) is 0.400. The van der Waals surface area contributed by atoms with E-state index in [1.807, 2.05) is 25.1 Å². The highest BCUT2D eigenvalue weighted by atomic mass is 32.1. The van der Waals surface area contributed by atoms with Crippen molar-refractivity contribution in [3.8, 4) is 5.75 Å². The lowest BCUT2D eigenvalue weighted by atomic mass is 10.1. The fourth-order valence-electron chi connectivity index (χ4n) is 2.45. The zero-order valence-electron chi connectivity index (χ0n) is 12.6. The summed E-state index contributed by atoms with van der Waals surface area (Å²) in [6.45, 7) is 2.90. The van der Waals surface area contributed by atoms with Crippen LogP contribution in [0.3, 0.4) is 0 Å². The molecule has 0 saturated heterocycles. The highest BCUT2D eigenvalue weighted by Crippen LogP contribution is 2.28. The molecule has 0 fully saturated rings. The molecule has 116 valence electrons. The van der Waals surface area contributed by atoms with Crippen molar-refractivity contribution < 1.29 is 9.53 Å². The molecule has 0 aliphatic carbocycles. The van der Waals surface area contributed by atoms with Gasteiger partial charge in [-0.25, -0.2) is 4.79 Å². The molecule has 1 N–H and O–H groups in total. The summed E-state index contributed by atoms with van der Waals surface area (Å²) in [5.74, 6) is 0.924. The minimum atomic E-state index is -0.118. The van der Waals surface area contributed by atoms with Gasteiger partial charge in [0.25, 0.3) is 0 Å². The second-order valence-corrected chi connectivity index (χ2v) is 6.21. The van der Waals surface area contributed by atoms with Gasteiger partial charge in [0.05, 0.1) is 23.7 Å². The second kappa shape index (κ2) is 6.31. The largest absolute Gasteiger partial charge is 0.488 e. The van der Waals surface area contributed by atoms with Gasteiger partial charge in [0, 0.05) is 13.5 Å². The summed E-state index contributed by atoms with van der Waals surface area (Å²) in [6.07, 6.45) is 0.853. The Morgan fingerprint density at radius 2 is 2.32 bits per heavy atom. The third kappa shape index (κ3) is 3.19. The Bertz CT molecular complexity index is 648. The van der Waals surface area contributed by atoms with Crippen molar-refractivity contribution in [1.29, 1.82) is 0 Å². The van der Waals surface area contributed by atoms with Crippen molar-refractivity contribution in [2.24, 2.45) is 0 Å². The first-order chi connectivity index (χ1) is 10.6. The second-order valence-electron chi connectivity index (χ2n) is 5.37. The van der Waals surface area contributed by atoms with E-state index < -0.39 is 0 Å². The average molecular weight is 318 g/mol. The molecule has 2 heterocycles. The number of likely N-dealkylation sites (N-methyl/N-ethyl adjacent to an activating group) is 1. The van der Waals surface area contributed by atoms with Gasteiger partial charge in [0.1, 0.15) is 11.9 Å². The molecule has 0 bridgehead atoms. The van der Waals surface area contributed by atoms with Crippen LogP contribution in [0.5, 0.6) is 5.75 Å². The number of aromatic nitrogens is 2. The maximum absolute atomic E-state index is 12.1. The van der Waals surface area contributed by atoms with Crippen LogP contribution in [0, 0.1) is 6.92 Å². The molecule has 0 spiro atoms. The molecule has 0 saturated carbocycles. The van der Waals surface area contributed by atoms with Gasteiger partial charge in [-0.3, -0.25) is 0 Å². The van der Waals surface area contributed by atoms with Gasteiger partial charge < -0.3 is 15.0 Å². The minimum Gasteiger partial charge on any atom is -0.488 e. The lowest BCUT2D eigenvalue weighted by Gasteiger charge is -2.21. The number of ether oxygens (including phenoxy) is 1. The molecule has 2 aromatic rings. The van der Waals surface area contributed by atoms with Crippen molar-refractivity contribution in [2.45, 2.75) is 26.0 Å². The van der Waals surface area contributed by atoms with E-state index in [1.54, 1.807) is 11.9 Å². The number of carbonyl (C=O) groups excluding carboxylic acids is 1. The van der Waals surface area contributed by atoms with Gasteiger partial charge in [-0.1, -0.05) is 22.7 Å². The summed E-state index contributed by atoms with van der Waals surface area (Å²) >= 11 is 1.31. The predicted molar refractivity (Wildman–Crippen MR) is 84.1 cm³/mol. The summed E-state index contributed by atoms with van der Waals surface area (Å²) < 4.78 is 9.72.